The van der Waals surface area contributed by atoms with Gasteiger partial charge in [0.25, 0.3) is 0 Å². The van der Waals surface area contributed by atoms with Crippen LogP contribution in [0.3, 0.4) is 0 Å². The molecule has 1 aromatic carbocycles. The summed E-state index contributed by atoms with van der Waals surface area (Å²) in [5, 5.41) is 0. The summed E-state index contributed by atoms with van der Waals surface area (Å²) >= 11 is 0. The number of carbonyl (C=O) groups excluding carboxylic acids is 1. The van der Waals surface area contributed by atoms with E-state index in [1.807, 2.05) is 0 Å². The van der Waals surface area contributed by atoms with E-state index in [1.54, 1.807) is 31.5 Å². The number of amides is 1. The first-order valence-electron chi connectivity index (χ1n) is 6.48. The van der Waals surface area contributed by atoms with E-state index in [1.165, 1.54) is 13.1 Å². The van der Waals surface area contributed by atoms with E-state index in [0.29, 0.717) is 28.2 Å². The Hall–Kier alpha value is -2.83. The van der Waals surface area contributed by atoms with Crippen LogP contribution in [0, 0.1) is 12.7 Å². The van der Waals surface area contributed by atoms with Crippen molar-refractivity contribution in [1.82, 2.24) is 9.97 Å². The average Bonchev–Trinajstić information content (AvgIpc) is 2.49. The molecule has 0 aliphatic heterocycles. The van der Waals surface area contributed by atoms with E-state index >= 15 is 0 Å². The number of aryl methyl sites for hydroxylation is 1. The standard InChI is InChI=1S/C15H15FN4O2/c1-9-19-6-11(7-20-9)12-4-3-10(5-13(12)16)14(18-2)8-22-15(17)21/h3-7H,8H2,1-2H3,(H2,17,21). The number of carbonyl (C=O) groups is 1. The summed E-state index contributed by atoms with van der Waals surface area (Å²) in [6, 6.07) is 4.61. The normalized spacial score (nSPS) is 11.3. The van der Waals surface area contributed by atoms with Crippen LogP contribution in [0.25, 0.3) is 11.1 Å². The predicted molar refractivity (Wildman–Crippen MR) is 80.2 cm³/mol. The van der Waals surface area contributed by atoms with Crippen molar-refractivity contribution in [2.24, 2.45) is 10.7 Å². The molecule has 0 bridgehead atoms. The van der Waals surface area contributed by atoms with Crippen molar-refractivity contribution in [3.8, 4) is 11.1 Å². The van der Waals surface area contributed by atoms with Crippen molar-refractivity contribution in [1.29, 1.82) is 0 Å². The maximum absolute atomic E-state index is 14.3. The van der Waals surface area contributed by atoms with Gasteiger partial charge in [0.2, 0.25) is 0 Å². The van der Waals surface area contributed by atoms with Gasteiger partial charge in [0.1, 0.15) is 18.2 Å². The zero-order chi connectivity index (χ0) is 16.1. The highest BCUT2D eigenvalue weighted by atomic mass is 19.1. The number of ether oxygens (including phenoxy) is 1. The van der Waals surface area contributed by atoms with Crippen LogP contribution in [0.1, 0.15) is 11.4 Å². The Morgan fingerprint density at radius 3 is 2.59 bits per heavy atom. The van der Waals surface area contributed by atoms with Crippen LogP contribution in [0.4, 0.5) is 9.18 Å². The Labute approximate surface area is 126 Å². The highest BCUT2D eigenvalue weighted by Gasteiger charge is 2.11. The SMILES string of the molecule is CN=C(COC(N)=O)c1ccc(-c2cnc(C)nc2)c(F)c1. The zero-order valence-electron chi connectivity index (χ0n) is 12.2. The average molecular weight is 302 g/mol. The number of nitrogens with two attached hydrogens (primary N) is 1. The van der Waals surface area contributed by atoms with Crippen molar-refractivity contribution in [2.75, 3.05) is 13.7 Å². The quantitative estimate of drug-likeness (QED) is 0.876. The van der Waals surface area contributed by atoms with Gasteiger partial charge in [-0.3, -0.25) is 4.99 Å². The Kier molecular flexibility index (Phi) is 4.77. The maximum atomic E-state index is 14.3. The minimum Gasteiger partial charge on any atom is -0.443 e. The van der Waals surface area contributed by atoms with Crippen molar-refractivity contribution < 1.29 is 13.9 Å². The molecular formula is C15H15FN4O2. The summed E-state index contributed by atoms with van der Waals surface area (Å²) in [4.78, 5) is 22.7. The Bertz CT molecular complexity index is 714. The molecule has 1 aromatic heterocycles. The van der Waals surface area contributed by atoms with E-state index < -0.39 is 11.9 Å². The largest absolute Gasteiger partial charge is 0.443 e. The van der Waals surface area contributed by atoms with Gasteiger partial charge in [0.15, 0.2) is 0 Å². The molecule has 0 atom stereocenters. The Morgan fingerprint density at radius 2 is 2.05 bits per heavy atom. The fourth-order valence-electron chi connectivity index (χ4n) is 1.88. The molecule has 0 saturated carbocycles. The van der Waals surface area contributed by atoms with E-state index in [0.717, 1.165) is 0 Å². The van der Waals surface area contributed by atoms with E-state index in [4.69, 9.17) is 5.73 Å². The van der Waals surface area contributed by atoms with Crippen LogP contribution in [-0.2, 0) is 4.74 Å². The van der Waals surface area contributed by atoms with Gasteiger partial charge in [0, 0.05) is 36.1 Å². The summed E-state index contributed by atoms with van der Waals surface area (Å²) in [6.07, 6.45) is 2.21. The number of hydrogen-bond donors (Lipinski definition) is 1. The third kappa shape index (κ3) is 3.63. The van der Waals surface area contributed by atoms with Gasteiger partial charge < -0.3 is 10.5 Å². The lowest BCUT2D eigenvalue weighted by molar-refractivity contribution is 0.173. The predicted octanol–water partition coefficient (Wildman–Crippen LogP) is 2.11. The summed E-state index contributed by atoms with van der Waals surface area (Å²) in [6.45, 7) is 1.64. The summed E-state index contributed by atoms with van der Waals surface area (Å²) in [7, 11) is 1.53. The minimum absolute atomic E-state index is 0.113. The van der Waals surface area contributed by atoms with Gasteiger partial charge in [-0.1, -0.05) is 12.1 Å². The molecule has 22 heavy (non-hydrogen) atoms. The summed E-state index contributed by atoms with van der Waals surface area (Å²) in [5.41, 5.74) is 6.81. The molecule has 0 saturated heterocycles. The van der Waals surface area contributed by atoms with Gasteiger partial charge >= 0.3 is 6.09 Å². The maximum Gasteiger partial charge on any atom is 0.404 e. The van der Waals surface area contributed by atoms with Crippen LogP contribution >= 0.6 is 0 Å². The molecule has 1 amide bonds. The van der Waals surface area contributed by atoms with Crippen LogP contribution in [0.2, 0.25) is 0 Å². The molecule has 0 fully saturated rings. The van der Waals surface area contributed by atoms with Gasteiger partial charge in [-0.05, 0) is 13.0 Å². The molecule has 0 radical (unpaired) electrons. The van der Waals surface area contributed by atoms with Gasteiger partial charge in [-0.25, -0.2) is 19.2 Å². The lowest BCUT2D eigenvalue weighted by Gasteiger charge is -2.09. The number of aromatic nitrogens is 2. The number of primary amides is 1. The minimum atomic E-state index is -0.907. The molecular weight excluding hydrogens is 287 g/mol. The van der Waals surface area contributed by atoms with Crippen LogP contribution in [0.5, 0.6) is 0 Å². The van der Waals surface area contributed by atoms with Crippen molar-refractivity contribution >= 4 is 11.8 Å². The van der Waals surface area contributed by atoms with Crippen LogP contribution in [-0.4, -0.2) is 35.4 Å². The molecule has 0 spiro atoms. The highest BCUT2D eigenvalue weighted by Crippen LogP contribution is 2.22. The Balaban J connectivity index is 2.29. The third-order valence-corrected chi connectivity index (χ3v) is 3.02. The molecule has 0 unspecified atom stereocenters. The highest BCUT2D eigenvalue weighted by molar-refractivity contribution is 6.02. The number of benzene rings is 1. The molecule has 0 aliphatic carbocycles. The number of rotatable bonds is 4. The van der Waals surface area contributed by atoms with Crippen LogP contribution < -0.4 is 5.73 Å². The van der Waals surface area contributed by atoms with Crippen molar-refractivity contribution in [2.45, 2.75) is 6.92 Å². The molecule has 114 valence electrons. The topological polar surface area (TPSA) is 90.5 Å². The molecule has 2 N–H and O–H groups in total. The number of aliphatic imine (C=N–C) groups is 1. The third-order valence-electron chi connectivity index (χ3n) is 3.02. The first kappa shape index (κ1) is 15.6. The van der Waals surface area contributed by atoms with Crippen molar-refractivity contribution in [3.05, 3.63) is 47.8 Å². The molecule has 6 nitrogen and oxygen atoms in total. The smallest absolute Gasteiger partial charge is 0.404 e. The van der Waals surface area contributed by atoms with E-state index in [2.05, 4.69) is 19.7 Å². The monoisotopic (exact) mass is 302 g/mol. The second-order valence-corrected chi connectivity index (χ2v) is 4.49. The van der Waals surface area contributed by atoms with Gasteiger partial charge in [0.05, 0.1) is 5.71 Å². The molecule has 7 heteroatoms. The van der Waals surface area contributed by atoms with Crippen molar-refractivity contribution in [3.63, 3.8) is 0 Å². The molecule has 0 aliphatic rings. The lowest BCUT2D eigenvalue weighted by atomic mass is 10.0. The molecule has 1 heterocycles. The fourth-order valence-corrected chi connectivity index (χ4v) is 1.88. The number of hydrogen-bond acceptors (Lipinski definition) is 5. The summed E-state index contributed by atoms with van der Waals surface area (Å²) < 4.78 is 19.0. The molecule has 2 aromatic rings. The second kappa shape index (κ2) is 6.75. The number of nitrogens with zero attached hydrogens (tertiary/aromatic N) is 3. The van der Waals surface area contributed by atoms with E-state index in [-0.39, 0.29) is 6.61 Å². The second-order valence-electron chi connectivity index (χ2n) is 4.49. The zero-order valence-corrected chi connectivity index (χ0v) is 12.2. The first-order chi connectivity index (χ1) is 10.5. The summed E-state index contributed by atoms with van der Waals surface area (Å²) in [5.74, 6) is 0.176. The van der Waals surface area contributed by atoms with Crippen LogP contribution in [0.15, 0.2) is 35.6 Å². The number of halogens is 1. The first-order valence-corrected chi connectivity index (χ1v) is 6.48. The van der Waals surface area contributed by atoms with Gasteiger partial charge in [-0.2, -0.15) is 0 Å². The lowest BCUT2D eigenvalue weighted by Crippen LogP contribution is -2.19. The molecule has 2 rings (SSSR count). The fraction of sp³-hybridized carbons (Fsp3) is 0.200. The van der Waals surface area contributed by atoms with Gasteiger partial charge in [-0.15, -0.1) is 0 Å². The Morgan fingerprint density at radius 1 is 1.36 bits per heavy atom. The van der Waals surface area contributed by atoms with E-state index in [9.17, 15) is 9.18 Å².